The number of aromatic carboxylic acids is 1. The molecule has 9 heteroatoms. The van der Waals surface area contributed by atoms with Gasteiger partial charge in [-0.3, -0.25) is 10.1 Å². The number of sulfone groups is 1. The average Bonchev–Trinajstić information content (AvgIpc) is 2.35. The molecule has 0 bridgehead atoms. The Morgan fingerprint density at radius 3 is 2.52 bits per heavy atom. The maximum atomic E-state index is 11.2. The molecular weight excluding hydrogens is 300 g/mol. The van der Waals surface area contributed by atoms with Gasteiger partial charge in [0, 0.05) is 25.4 Å². The number of carbonyl (C=O) groups is 1. The van der Waals surface area contributed by atoms with Gasteiger partial charge < -0.3 is 10.0 Å². The van der Waals surface area contributed by atoms with Gasteiger partial charge in [-0.1, -0.05) is 12.1 Å². The summed E-state index contributed by atoms with van der Waals surface area (Å²) < 4.78 is 22.2. The molecule has 1 rings (SSSR count). The molecule has 0 aliphatic heterocycles. The van der Waals surface area contributed by atoms with E-state index in [1.165, 1.54) is 12.1 Å². The topological polar surface area (TPSA) is 118 Å². The Kier molecular flexibility index (Phi) is 5.39. The van der Waals surface area contributed by atoms with Gasteiger partial charge in [-0.25, -0.2) is 13.2 Å². The standard InChI is InChI=1S/C12H16N2O6S/c1-13(6-7-21(2,19)20)8-9-4-3-5-10(14(17)18)11(9)12(15)16/h3-5H,6-8H2,1-2H3,(H,15,16). The van der Waals surface area contributed by atoms with Gasteiger partial charge in [0.15, 0.2) is 0 Å². The maximum Gasteiger partial charge on any atom is 0.343 e. The summed E-state index contributed by atoms with van der Waals surface area (Å²) in [5, 5.41) is 20.0. The van der Waals surface area contributed by atoms with Crippen molar-refractivity contribution in [3.63, 3.8) is 0 Å². The van der Waals surface area contributed by atoms with Crippen LogP contribution in [0.5, 0.6) is 0 Å². The van der Waals surface area contributed by atoms with Gasteiger partial charge in [-0.05, 0) is 12.6 Å². The third kappa shape index (κ3) is 5.12. The van der Waals surface area contributed by atoms with Crippen LogP contribution in [0.1, 0.15) is 15.9 Å². The molecule has 0 aliphatic rings. The summed E-state index contributed by atoms with van der Waals surface area (Å²) >= 11 is 0. The maximum absolute atomic E-state index is 11.2. The monoisotopic (exact) mass is 316 g/mol. The van der Waals surface area contributed by atoms with Gasteiger partial charge in [0.1, 0.15) is 15.4 Å². The molecule has 0 spiro atoms. The van der Waals surface area contributed by atoms with Crippen LogP contribution in [0.3, 0.4) is 0 Å². The lowest BCUT2D eigenvalue weighted by Crippen LogP contribution is -2.26. The summed E-state index contributed by atoms with van der Waals surface area (Å²) in [5.74, 6) is -1.45. The fourth-order valence-electron chi connectivity index (χ4n) is 1.81. The number of benzene rings is 1. The van der Waals surface area contributed by atoms with Gasteiger partial charge in [-0.2, -0.15) is 0 Å². The van der Waals surface area contributed by atoms with Crippen molar-refractivity contribution in [2.24, 2.45) is 0 Å². The molecule has 0 amide bonds. The van der Waals surface area contributed by atoms with E-state index in [0.717, 1.165) is 12.3 Å². The zero-order valence-corrected chi connectivity index (χ0v) is 12.5. The van der Waals surface area contributed by atoms with Crippen LogP contribution >= 0.6 is 0 Å². The lowest BCUT2D eigenvalue weighted by molar-refractivity contribution is -0.385. The first-order chi connectivity index (χ1) is 9.61. The van der Waals surface area contributed by atoms with Crippen molar-refractivity contribution in [2.45, 2.75) is 6.54 Å². The van der Waals surface area contributed by atoms with E-state index >= 15 is 0 Å². The van der Waals surface area contributed by atoms with Gasteiger partial charge in [0.05, 0.1) is 10.7 Å². The van der Waals surface area contributed by atoms with E-state index in [1.54, 1.807) is 11.9 Å². The Hall–Kier alpha value is -2.00. The fraction of sp³-hybridized carbons (Fsp3) is 0.417. The smallest absolute Gasteiger partial charge is 0.343 e. The van der Waals surface area contributed by atoms with Crippen LogP contribution in [0, 0.1) is 10.1 Å². The van der Waals surface area contributed by atoms with E-state index in [0.29, 0.717) is 0 Å². The second kappa shape index (κ2) is 6.64. The first-order valence-electron chi connectivity index (χ1n) is 5.97. The van der Waals surface area contributed by atoms with E-state index in [2.05, 4.69) is 0 Å². The molecule has 0 aliphatic carbocycles. The highest BCUT2D eigenvalue weighted by molar-refractivity contribution is 7.90. The third-order valence-electron chi connectivity index (χ3n) is 2.82. The second-order valence-corrected chi connectivity index (χ2v) is 7.00. The summed E-state index contributed by atoms with van der Waals surface area (Å²) in [4.78, 5) is 23.0. The summed E-state index contributed by atoms with van der Waals surface area (Å²) in [6.07, 6.45) is 1.11. The van der Waals surface area contributed by atoms with Crippen molar-refractivity contribution >= 4 is 21.5 Å². The number of nitro benzene ring substituents is 1. The average molecular weight is 316 g/mol. The van der Waals surface area contributed by atoms with Crippen LogP contribution in [0.4, 0.5) is 5.69 Å². The molecule has 0 saturated carbocycles. The lowest BCUT2D eigenvalue weighted by atomic mass is 10.1. The van der Waals surface area contributed by atoms with E-state index < -0.39 is 26.4 Å². The highest BCUT2D eigenvalue weighted by Gasteiger charge is 2.23. The summed E-state index contributed by atoms with van der Waals surface area (Å²) in [6, 6.07) is 4.02. The number of hydrogen-bond donors (Lipinski definition) is 1. The molecule has 0 heterocycles. The van der Waals surface area contributed by atoms with Crippen LogP contribution in [0.25, 0.3) is 0 Å². The van der Waals surface area contributed by atoms with Crippen molar-refractivity contribution < 1.29 is 23.2 Å². The van der Waals surface area contributed by atoms with E-state index in [4.69, 9.17) is 5.11 Å². The van der Waals surface area contributed by atoms with Crippen molar-refractivity contribution in [1.29, 1.82) is 0 Å². The quantitative estimate of drug-likeness (QED) is 0.583. The molecule has 1 aromatic rings. The second-order valence-electron chi connectivity index (χ2n) is 4.74. The van der Waals surface area contributed by atoms with Crippen molar-refractivity contribution in [3.05, 3.63) is 39.4 Å². The van der Waals surface area contributed by atoms with E-state index in [-0.39, 0.29) is 30.0 Å². The summed E-state index contributed by atoms with van der Waals surface area (Å²) in [5.41, 5.74) is -0.571. The molecule has 0 radical (unpaired) electrons. The number of nitrogens with zero attached hydrogens (tertiary/aromatic N) is 2. The first-order valence-corrected chi connectivity index (χ1v) is 8.03. The van der Waals surface area contributed by atoms with Gasteiger partial charge in [0.2, 0.25) is 0 Å². The predicted molar refractivity (Wildman–Crippen MR) is 76.1 cm³/mol. The van der Waals surface area contributed by atoms with Crippen LogP contribution in [-0.4, -0.2) is 54.9 Å². The number of nitro groups is 1. The minimum Gasteiger partial charge on any atom is -0.477 e. The first kappa shape index (κ1) is 17.1. The van der Waals surface area contributed by atoms with Gasteiger partial charge >= 0.3 is 5.97 Å². The molecule has 1 N–H and O–H groups in total. The van der Waals surface area contributed by atoms with Crippen LogP contribution in [-0.2, 0) is 16.4 Å². The summed E-state index contributed by atoms with van der Waals surface area (Å²) in [6.45, 7) is 0.319. The van der Waals surface area contributed by atoms with Crippen molar-refractivity contribution in [2.75, 3.05) is 25.6 Å². The minimum atomic E-state index is -3.13. The number of carboxylic acid groups (broad SMARTS) is 1. The molecule has 1 aromatic carbocycles. The van der Waals surface area contributed by atoms with Crippen LogP contribution in [0.15, 0.2) is 18.2 Å². The van der Waals surface area contributed by atoms with Crippen molar-refractivity contribution in [3.8, 4) is 0 Å². The highest BCUT2D eigenvalue weighted by Crippen LogP contribution is 2.23. The molecular formula is C12H16N2O6S. The largest absolute Gasteiger partial charge is 0.477 e. The van der Waals surface area contributed by atoms with E-state index in [9.17, 15) is 23.3 Å². The molecule has 21 heavy (non-hydrogen) atoms. The zero-order valence-electron chi connectivity index (χ0n) is 11.6. The van der Waals surface area contributed by atoms with Crippen LogP contribution < -0.4 is 0 Å². The highest BCUT2D eigenvalue weighted by atomic mass is 32.2. The minimum absolute atomic E-state index is 0.0686. The van der Waals surface area contributed by atoms with E-state index in [1.807, 2.05) is 0 Å². The third-order valence-corrected chi connectivity index (χ3v) is 3.75. The Morgan fingerprint density at radius 2 is 2.05 bits per heavy atom. The molecule has 0 unspecified atom stereocenters. The molecule has 0 saturated heterocycles. The molecule has 116 valence electrons. The summed E-state index contributed by atoms with van der Waals surface area (Å²) in [7, 11) is -1.51. The fourth-order valence-corrected chi connectivity index (χ4v) is 2.45. The lowest BCUT2D eigenvalue weighted by Gasteiger charge is -2.17. The molecule has 8 nitrogen and oxygen atoms in total. The van der Waals surface area contributed by atoms with Gasteiger partial charge in [0.25, 0.3) is 5.69 Å². The SMILES string of the molecule is CN(CCS(C)(=O)=O)Cc1cccc([N+](=O)[O-])c1C(=O)O. The normalized spacial score (nSPS) is 11.6. The molecule has 0 aromatic heterocycles. The Labute approximate surface area is 122 Å². The van der Waals surface area contributed by atoms with Crippen LogP contribution in [0.2, 0.25) is 0 Å². The zero-order chi connectivity index (χ0) is 16.2. The number of hydrogen-bond acceptors (Lipinski definition) is 6. The van der Waals surface area contributed by atoms with Gasteiger partial charge in [-0.15, -0.1) is 0 Å². The molecule has 0 fully saturated rings. The number of carboxylic acids is 1. The predicted octanol–water partition coefficient (Wildman–Crippen LogP) is 0.769. The molecule has 0 atom stereocenters. The van der Waals surface area contributed by atoms with Crippen molar-refractivity contribution in [1.82, 2.24) is 4.90 Å². The Balaban J connectivity index is 3.00. The Morgan fingerprint density at radius 1 is 1.43 bits per heavy atom. The Bertz CT molecular complexity index is 656. The number of rotatable bonds is 7.